The lowest BCUT2D eigenvalue weighted by atomic mass is 9.85. The second-order valence-corrected chi connectivity index (χ2v) is 6.08. The van der Waals surface area contributed by atoms with E-state index in [0.29, 0.717) is 13.1 Å². The number of nitrogens with zero attached hydrogens (tertiary/aromatic N) is 2. The largest absolute Gasteiger partial charge is 0.331 e. The summed E-state index contributed by atoms with van der Waals surface area (Å²) in [5.41, 5.74) is 6.16. The lowest BCUT2D eigenvalue weighted by Crippen LogP contribution is -2.50. The quantitative estimate of drug-likeness (QED) is 0.826. The van der Waals surface area contributed by atoms with Crippen LogP contribution in [0, 0.1) is 17.6 Å². The Kier molecular flexibility index (Phi) is 4.01. The normalized spacial score (nSPS) is 27.6. The number of amides is 2. The molecule has 3 rings (SSSR count). The van der Waals surface area contributed by atoms with Gasteiger partial charge in [0.15, 0.2) is 0 Å². The van der Waals surface area contributed by atoms with Gasteiger partial charge in [0, 0.05) is 44.7 Å². The van der Waals surface area contributed by atoms with Crippen LogP contribution in [0.3, 0.4) is 0 Å². The fraction of sp³-hybridized carbons (Fsp3) is 0.533. The van der Waals surface area contributed by atoms with Crippen molar-refractivity contribution in [1.82, 2.24) is 20.7 Å². The van der Waals surface area contributed by atoms with Gasteiger partial charge in [0.05, 0.1) is 6.04 Å². The van der Waals surface area contributed by atoms with Crippen molar-refractivity contribution < 1.29 is 13.6 Å². The van der Waals surface area contributed by atoms with Gasteiger partial charge < -0.3 is 9.80 Å². The van der Waals surface area contributed by atoms with Crippen LogP contribution in [0.2, 0.25) is 0 Å². The monoisotopic (exact) mass is 310 g/mol. The van der Waals surface area contributed by atoms with Crippen molar-refractivity contribution in [2.45, 2.75) is 18.5 Å². The van der Waals surface area contributed by atoms with Crippen LogP contribution < -0.4 is 10.9 Å². The van der Waals surface area contributed by atoms with Gasteiger partial charge >= 0.3 is 6.03 Å². The van der Waals surface area contributed by atoms with Gasteiger partial charge in [-0.1, -0.05) is 6.07 Å². The van der Waals surface area contributed by atoms with Crippen LogP contribution in [0.1, 0.15) is 18.0 Å². The molecule has 5 nitrogen and oxygen atoms in total. The minimum atomic E-state index is -0.559. The molecule has 0 aromatic heterocycles. The van der Waals surface area contributed by atoms with E-state index in [-0.39, 0.29) is 23.6 Å². The number of benzene rings is 1. The smallest absolute Gasteiger partial charge is 0.319 e. The number of carbonyl (C=O) groups excluding carboxylic acids is 1. The number of halogens is 2. The van der Waals surface area contributed by atoms with E-state index < -0.39 is 17.7 Å². The molecule has 2 saturated heterocycles. The molecule has 2 N–H and O–H groups in total. The molecule has 1 aromatic carbocycles. The first-order valence-electron chi connectivity index (χ1n) is 7.40. The first kappa shape index (κ1) is 15.2. The summed E-state index contributed by atoms with van der Waals surface area (Å²) in [6.07, 6.45) is 0.754. The van der Waals surface area contributed by atoms with E-state index in [0.717, 1.165) is 6.42 Å². The predicted octanol–water partition coefficient (Wildman–Crippen LogP) is 1.49. The molecule has 120 valence electrons. The maximum absolute atomic E-state index is 14.0. The summed E-state index contributed by atoms with van der Waals surface area (Å²) in [6.45, 7) is 1.11. The third-order valence-corrected chi connectivity index (χ3v) is 4.47. The molecule has 3 atom stereocenters. The van der Waals surface area contributed by atoms with E-state index in [4.69, 9.17) is 0 Å². The Morgan fingerprint density at radius 3 is 2.59 bits per heavy atom. The molecule has 0 aliphatic carbocycles. The molecule has 2 amide bonds. The highest BCUT2D eigenvalue weighted by Crippen LogP contribution is 2.36. The maximum Gasteiger partial charge on any atom is 0.319 e. The van der Waals surface area contributed by atoms with Gasteiger partial charge in [0.2, 0.25) is 0 Å². The van der Waals surface area contributed by atoms with Gasteiger partial charge in [0.25, 0.3) is 0 Å². The number of hydrogen-bond donors (Lipinski definition) is 2. The highest BCUT2D eigenvalue weighted by Gasteiger charge is 2.43. The first-order valence-corrected chi connectivity index (χ1v) is 7.40. The van der Waals surface area contributed by atoms with E-state index in [1.807, 2.05) is 0 Å². The summed E-state index contributed by atoms with van der Waals surface area (Å²) < 4.78 is 28.1. The standard InChI is InChI=1S/C15H20F2N4O/c1-20(2)15(22)21-7-6-12-9(8-21)14(19-18-12)13-10(16)4-3-5-11(13)17/h3-5,9,12,14,18-19H,6-8H2,1-2H3. The number of piperidine rings is 1. The first-order chi connectivity index (χ1) is 10.5. The molecule has 0 saturated carbocycles. The molecule has 0 bridgehead atoms. The second-order valence-electron chi connectivity index (χ2n) is 6.08. The van der Waals surface area contributed by atoms with Crippen molar-refractivity contribution >= 4 is 6.03 Å². The Bertz CT molecular complexity index is 560. The topological polar surface area (TPSA) is 47.6 Å². The third-order valence-electron chi connectivity index (χ3n) is 4.47. The van der Waals surface area contributed by atoms with Crippen molar-refractivity contribution in [1.29, 1.82) is 0 Å². The molecule has 7 heteroatoms. The van der Waals surface area contributed by atoms with Gasteiger partial charge in [-0.25, -0.2) is 19.0 Å². The maximum atomic E-state index is 14.0. The Labute approximate surface area is 128 Å². The lowest BCUT2D eigenvalue weighted by Gasteiger charge is -2.37. The van der Waals surface area contributed by atoms with E-state index in [1.165, 1.54) is 23.1 Å². The van der Waals surface area contributed by atoms with E-state index in [1.54, 1.807) is 19.0 Å². The molecule has 2 heterocycles. The molecule has 2 aliphatic heterocycles. The summed E-state index contributed by atoms with van der Waals surface area (Å²) in [5.74, 6) is -1.18. The molecule has 0 spiro atoms. The van der Waals surface area contributed by atoms with Gasteiger partial charge in [0.1, 0.15) is 11.6 Å². The van der Waals surface area contributed by atoms with Crippen LogP contribution in [-0.4, -0.2) is 49.1 Å². The highest BCUT2D eigenvalue weighted by atomic mass is 19.1. The lowest BCUT2D eigenvalue weighted by molar-refractivity contribution is 0.133. The van der Waals surface area contributed by atoms with Gasteiger partial charge in [-0.15, -0.1) is 0 Å². The minimum Gasteiger partial charge on any atom is -0.331 e. The summed E-state index contributed by atoms with van der Waals surface area (Å²) in [5, 5.41) is 0. The van der Waals surface area contributed by atoms with E-state index >= 15 is 0 Å². The molecule has 2 fully saturated rings. The fourth-order valence-electron chi connectivity index (χ4n) is 3.35. The molecule has 3 unspecified atom stereocenters. The highest BCUT2D eigenvalue weighted by molar-refractivity contribution is 5.74. The Hall–Kier alpha value is -1.73. The molecular formula is C15H20F2N4O. The Morgan fingerprint density at radius 2 is 1.95 bits per heavy atom. The minimum absolute atomic E-state index is 0.0432. The van der Waals surface area contributed by atoms with E-state index in [2.05, 4.69) is 10.9 Å². The average Bonchev–Trinajstić information content (AvgIpc) is 2.89. The zero-order chi connectivity index (χ0) is 15.9. The van der Waals surface area contributed by atoms with Crippen molar-refractivity contribution in [3.05, 3.63) is 35.4 Å². The number of hydrogen-bond acceptors (Lipinski definition) is 3. The number of urea groups is 1. The molecule has 22 heavy (non-hydrogen) atoms. The zero-order valence-electron chi connectivity index (χ0n) is 12.6. The van der Waals surface area contributed by atoms with Gasteiger partial charge in [-0.2, -0.15) is 0 Å². The number of fused-ring (bicyclic) bond motifs is 1. The van der Waals surface area contributed by atoms with Crippen LogP contribution in [0.25, 0.3) is 0 Å². The van der Waals surface area contributed by atoms with Gasteiger partial charge in [-0.05, 0) is 18.6 Å². The Morgan fingerprint density at radius 1 is 1.27 bits per heavy atom. The van der Waals surface area contributed by atoms with Crippen LogP contribution >= 0.6 is 0 Å². The van der Waals surface area contributed by atoms with Crippen molar-refractivity contribution in [3.63, 3.8) is 0 Å². The van der Waals surface area contributed by atoms with E-state index in [9.17, 15) is 13.6 Å². The summed E-state index contributed by atoms with van der Waals surface area (Å²) >= 11 is 0. The van der Waals surface area contributed by atoms with Crippen molar-refractivity contribution in [2.75, 3.05) is 27.2 Å². The molecule has 0 radical (unpaired) electrons. The summed E-state index contributed by atoms with van der Waals surface area (Å²) in [6, 6.07) is 3.44. The Balaban J connectivity index is 1.85. The van der Waals surface area contributed by atoms with Crippen molar-refractivity contribution in [3.8, 4) is 0 Å². The predicted molar refractivity (Wildman–Crippen MR) is 77.9 cm³/mol. The van der Waals surface area contributed by atoms with Crippen LogP contribution in [0.5, 0.6) is 0 Å². The number of hydrazine groups is 1. The fourth-order valence-corrected chi connectivity index (χ4v) is 3.35. The number of likely N-dealkylation sites (tertiary alicyclic amines) is 1. The number of rotatable bonds is 1. The van der Waals surface area contributed by atoms with Crippen molar-refractivity contribution in [2.24, 2.45) is 5.92 Å². The number of nitrogens with one attached hydrogen (secondary N) is 2. The molecule has 2 aliphatic rings. The van der Waals surface area contributed by atoms with Crippen LogP contribution in [-0.2, 0) is 0 Å². The third kappa shape index (κ3) is 2.55. The molecular weight excluding hydrogens is 290 g/mol. The average molecular weight is 310 g/mol. The summed E-state index contributed by atoms with van der Waals surface area (Å²) in [4.78, 5) is 15.4. The zero-order valence-corrected chi connectivity index (χ0v) is 12.6. The SMILES string of the molecule is CN(C)C(=O)N1CCC2NNC(c3c(F)cccc3F)C2C1. The number of carbonyl (C=O) groups is 1. The second kappa shape index (κ2) is 5.81. The van der Waals surface area contributed by atoms with Gasteiger partial charge in [-0.3, -0.25) is 5.43 Å². The molecule has 1 aromatic rings. The van der Waals surface area contributed by atoms with Crippen LogP contribution in [0.4, 0.5) is 13.6 Å². The van der Waals surface area contributed by atoms with Crippen LogP contribution in [0.15, 0.2) is 18.2 Å². The summed E-state index contributed by atoms with van der Waals surface area (Å²) in [7, 11) is 3.40.